The van der Waals surface area contributed by atoms with Crippen molar-refractivity contribution in [1.29, 1.82) is 0 Å². The standard InChI is InChI=1S/C46H64N14O12S2/c47-35(62)14-13-29-40(67)58-32(22-36(48)63)43(70)59-33(45(72)60-17-6-12-34(60)44(71)56-28(11-5-16-52-46(50)51)39(66)53-23-37(49)64)24-74-73-18-15-38(65)54-30(21-26-9-4-10-27(61)19-26)41(68)57-31(42(69)55-29)20-25-7-2-1-3-8-25/h1-4,7-10,19,28-34,61H,5-6,11-18,20-24H2,(H2,47,62)(H2,48,63)(H2,49,64)(H,53,66)(H,54,65)(H,55,69)(H,56,71)(H,57,68)(H,58,67)(H,59,70)(H4,50,51,52)/t28-,29+,30+,31+,32-,33+,34+/m0/s1. The van der Waals surface area contributed by atoms with E-state index in [0.29, 0.717) is 17.5 Å². The third-order valence-electron chi connectivity index (χ3n) is 11.5. The van der Waals surface area contributed by atoms with Crippen LogP contribution in [0.3, 0.4) is 0 Å². The van der Waals surface area contributed by atoms with Gasteiger partial charge in [0.25, 0.3) is 0 Å². The lowest BCUT2D eigenvalue weighted by Crippen LogP contribution is -2.61. The van der Waals surface area contributed by atoms with Crippen LogP contribution >= 0.6 is 21.6 Å². The maximum Gasteiger partial charge on any atom is 0.246 e. The maximum atomic E-state index is 14.6. The number of carbonyl (C=O) groups excluding carboxylic acids is 11. The van der Waals surface area contributed by atoms with Crippen LogP contribution in [0.5, 0.6) is 5.75 Å². The van der Waals surface area contributed by atoms with Gasteiger partial charge in [-0.15, -0.1) is 0 Å². The molecule has 402 valence electrons. The SMILES string of the molecule is NC(=O)CC[C@H]1NC(=O)[C@@H](Cc2ccccc2)NC(=O)[C@@H](Cc2cccc(O)c2)NC(=O)CCSSC[C@H](C(=O)N2CCC[C@@H]2C(=O)N[C@@H](CCCN=C(N)N)C(=O)NCC(N)=O)NC(=O)[C@H](CC(N)=O)NC1=O. The van der Waals surface area contributed by atoms with E-state index in [2.05, 4.69) is 42.2 Å². The Balaban J connectivity index is 1.69. The van der Waals surface area contributed by atoms with Crippen LogP contribution < -0.4 is 65.9 Å². The van der Waals surface area contributed by atoms with Gasteiger partial charge in [-0.1, -0.05) is 64.1 Å². The van der Waals surface area contributed by atoms with Crippen molar-refractivity contribution >= 4 is 92.5 Å². The van der Waals surface area contributed by atoms with Crippen molar-refractivity contribution in [3.05, 3.63) is 65.7 Å². The Hall–Kier alpha value is -7.62. The largest absolute Gasteiger partial charge is 0.508 e. The molecule has 2 heterocycles. The van der Waals surface area contributed by atoms with Gasteiger partial charge < -0.3 is 75.9 Å². The summed E-state index contributed by atoms with van der Waals surface area (Å²) in [6.45, 7) is -0.404. The molecule has 28 heteroatoms. The number of nitrogens with two attached hydrogens (primary N) is 5. The molecule has 26 nitrogen and oxygen atoms in total. The number of rotatable bonds is 19. The molecule has 2 fully saturated rings. The van der Waals surface area contributed by atoms with E-state index in [9.17, 15) is 57.8 Å². The van der Waals surface area contributed by atoms with Crippen molar-refractivity contribution < 1.29 is 57.8 Å². The van der Waals surface area contributed by atoms with Gasteiger partial charge in [0.05, 0.1) is 13.0 Å². The topological polar surface area (TPSA) is 438 Å². The molecule has 0 aliphatic carbocycles. The average Bonchev–Trinajstić information content (AvgIpc) is 3.84. The van der Waals surface area contributed by atoms with Gasteiger partial charge in [-0.25, -0.2) is 0 Å². The highest BCUT2D eigenvalue weighted by Crippen LogP contribution is 2.26. The first-order valence-corrected chi connectivity index (χ1v) is 26.0. The number of aliphatic imine (C=N–C) groups is 1. The lowest BCUT2D eigenvalue weighted by atomic mass is 10.0. The van der Waals surface area contributed by atoms with Gasteiger partial charge in [0.2, 0.25) is 65.0 Å². The number of nitrogens with one attached hydrogen (secondary N) is 7. The average molecular weight is 1070 g/mol. The Morgan fingerprint density at radius 3 is 2.04 bits per heavy atom. The van der Waals surface area contributed by atoms with Crippen LogP contribution in [0.2, 0.25) is 0 Å². The number of carbonyl (C=O) groups is 11. The summed E-state index contributed by atoms with van der Waals surface area (Å²) in [7, 11) is 2.18. The number of nitrogens with zero attached hydrogens (tertiary/aromatic N) is 2. The predicted molar refractivity (Wildman–Crippen MR) is 272 cm³/mol. The van der Waals surface area contributed by atoms with Crippen LogP contribution in [-0.4, -0.2) is 154 Å². The van der Waals surface area contributed by atoms with E-state index >= 15 is 0 Å². The van der Waals surface area contributed by atoms with E-state index in [0.717, 1.165) is 21.6 Å². The summed E-state index contributed by atoms with van der Waals surface area (Å²) in [5, 5.41) is 28.0. The molecule has 18 N–H and O–H groups in total. The van der Waals surface area contributed by atoms with Crippen molar-refractivity contribution in [2.75, 3.05) is 31.1 Å². The molecule has 74 heavy (non-hydrogen) atoms. The summed E-state index contributed by atoms with van der Waals surface area (Å²) in [6, 6.07) is 4.55. The number of aromatic hydroxyl groups is 1. The molecule has 0 spiro atoms. The number of primary amides is 3. The van der Waals surface area contributed by atoms with E-state index in [-0.39, 0.29) is 74.8 Å². The minimum Gasteiger partial charge on any atom is -0.508 e. The Bertz CT molecular complexity index is 2400. The number of hydrogen-bond donors (Lipinski definition) is 13. The van der Waals surface area contributed by atoms with Crippen LogP contribution in [-0.2, 0) is 65.6 Å². The van der Waals surface area contributed by atoms with E-state index in [1.807, 2.05) is 0 Å². The third kappa shape index (κ3) is 20.1. The zero-order valence-electron chi connectivity index (χ0n) is 40.4. The Kier molecular flexibility index (Phi) is 23.7. The molecule has 2 aliphatic heterocycles. The molecule has 0 saturated carbocycles. The second kappa shape index (κ2) is 29.8. The van der Waals surface area contributed by atoms with Crippen LogP contribution in [0.25, 0.3) is 0 Å². The quantitative estimate of drug-likeness (QED) is 0.0274. The number of phenolic OH excluding ortho intramolecular Hbond substituents is 1. The highest BCUT2D eigenvalue weighted by molar-refractivity contribution is 8.76. The number of likely N-dealkylation sites (tertiary alicyclic amines) is 1. The molecule has 0 bridgehead atoms. The summed E-state index contributed by atoms with van der Waals surface area (Å²) < 4.78 is 0. The van der Waals surface area contributed by atoms with Crippen LogP contribution in [0.4, 0.5) is 0 Å². The monoisotopic (exact) mass is 1070 g/mol. The molecule has 0 unspecified atom stereocenters. The highest BCUT2D eigenvalue weighted by Gasteiger charge is 2.40. The van der Waals surface area contributed by atoms with Crippen molar-refractivity contribution in [2.45, 2.75) is 107 Å². The van der Waals surface area contributed by atoms with E-state index in [1.54, 1.807) is 42.5 Å². The minimum absolute atomic E-state index is 0.0120. The Morgan fingerprint density at radius 2 is 1.38 bits per heavy atom. The number of hydrogen-bond acceptors (Lipinski definition) is 15. The second-order valence-electron chi connectivity index (χ2n) is 17.3. The van der Waals surface area contributed by atoms with Crippen LogP contribution in [0.15, 0.2) is 59.6 Å². The summed E-state index contributed by atoms with van der Waals surface area (Å²) in [4.78, 5) is 153. The number of amides is 11. The fourth-order valence-corrected chi connectivity index (χ4v) is 9.98. The fraction of sp³-hybridized carbons (Fsp3) is 0.478. The first-order chi connectivity index (χ1) is 35.2. The normalized spacial score (nSPS) is 21.7. The Morgan fingerprint density at radius 1 is 0.743 bits per heavy atom. The molecular formula is C46H64N14O12S2. The second-order valence-corrected chi connectivity index (χ2v) is 20.0. The van der Waals surface area contributed by atoms with Crippen LogP contribution in [0.1, 0.15) is 62.5 Å². The summed E-state index contributed by atoms with van der Waals surface area (Å²) in [5.41, 5.74) is 28.0. The zero-order chi connectivity index (χ0) is 54.3. The smallest absolute Gasteiger partial charge is 0.246 e. The van der Waals surface area contributed by atoms with Crippen LogP contribution in [0, 0.1) is 0 Å². The molecular weight excluding hydrogens is 1000 g/mol. The van der Waals surface area contributed by atoms with Crippen molar-refractivity contribution in [3.63, 3.8) is 0 Å². The predicted octanol–water partition coefficient (Wildman–Crippen LogP) is -4.34. The lowest BCUT2D eigenvalue weighted by Gasteiger charge is -2.31. The van der Waals surface area contributed by atoms with Crippen molar-refractivity contribution in [1.82, 2.24) is 42.1 Å². The third-order valence-corrected chi connectivity index (χ3v) is 13.9. The van der Waals surface area contributed by atoms with Gasteiger partial charge in [-0.2, -0.15) is 0 Å². The van der Waals surface area contributed by atoms with Gasteiger partial charge >= 0.3 is 0 Å². The molecule has 2 aromatic carbocycles. The molecule has 0 radical (unpaired) electrons. The maximum absolute atomic E-state index is 14.6. The van der Waals surface area contributed by atoms with Gasteiger partial charge in [-0.3, -0.25) is 57.7 Å². The molecule has 2 aliphatic rings. The minimum atomic E-state index is -1.77. The molecule has 2 saturated heterocycles. The summed E-state index contributed by atoms with van der Waals surface area (Å²) in [6.07, 6.45) is -1.41. The van der Waals surface area contributed by atoms with E-state index in [1.165, 1.54) is 17.0 Å². The molecule has 0 aromatic heterocycles. The van der Waals surface area contributed by atoms with E-state index < -0.39 is 133 Å². The highest BCUT2D eigenvalue weighted by atomic mass is 33.1. The lowest BCUT2D eigenvalue weighted by molar-refractivity contribution is -0.142. The molecule has 4 rings (SSSR count). The van der Waals surface area contributed by atoms with Gasteiger partial charge in [0.15, 0.2) is 5.96 Å². The molecule has 2 aromatic rings. The number of guanidine groups is 1. The zero-order valence-corrected chi connectivity index (χ0v) is 42.0. The van der Waals surface area contributed by atoms with Crippen molar-refractivity contribution in [2.24, 2.45) is 33.7 Å². The van der Waals surface area contributed by atoms with Gasteiger partial charge in [0, 0.05) is 50.3 Å². The van der Waals surface area contributed by atoms with E-state index in [4.69, 9.17) is 28.7 Å². The van der Waals surface area contributed by atoms with Crippen molar-refractivity contribution in [3.8, 4) is 5.75 Å². The first kappa shape index (κ1) is 58.9. The van der Waals surface area contributed by atoms with Gasteiger partial charge in [0.1, 0.15) is 48.0 Å². The first-order valence-electron chi connectivity index (χ1n) is 23.6. The number of phenols is 1. The molecule has 11 amide bonds. The fourth-order valence-electron chi connectivity index (χ4n) is 7.83. The van der Waals surface area contributed by atoms with Gasteiger partial charge in [-0.05, 0) is 55.4 Å². The molecule has 7 atom stereocenters. The Labute approximate surface area is 433 Å². The summed E-state index contributed by atoms with van der Waals surface area (Å²) >= 11 is 0. The summed E-state index contributed by atoms with van der Waals surface area (Å²) in [5.74, 6) is -9.88. The number of benzene rings is 2.